The maximum absolute atomic E-state index is 10.1. The molecule has 0 aromatic carbocycles. The van der Waals surface area contributed by atoms with Gasteiger partial charge >= 0.3 is 0 Å². The van der Waals surface area contributed by atoms with Gasteiger partial charge in [-0.15, -0.1) is 5.10 Å². The lowest BCUT2D eigenvalue weighted by Gasteiger charge is -2.32. The number of rotatable bonds is 2. The van der Waals surface area contributed by atoms with E-state index in [0.29, 0.717) is 6.54 Å². The number of aromatic nitrogens is 4. The molecule has 0 bridgehead atoms. The van der Waals surface area contributed by atoms with Crippen LogP contribution in [0.4, 0.5) is 11.6 Å². The summed E-state index contributed by atoms with van der Waals surface area (Å²) >= 11 is 0. The molecule has 1 atom stereocenters. The minimum absolute atomic E-state index is 0.264. The Hall–Kier alpha value is -2.28. The van der Waals surface area contributed by atoms with Crippen LogP contribution >= 0.6 is 0 Å². The molecule has 4 rings (SSSR count). The summed E-state index contributed by atoms with van der Waals surface area (Å²) in [6.45, 7) is 7.28. The monoisotopic (exact) mass is 354 g/mol. The molecule has 1 N–H and O–H groups in total. The lowest BCUT2D eigenvalue weighted by molar-refractivity contribution is 0.153. The number of anilines is 2. The Balaban J connectivity index is 1.61. The maximum Gasteiger partial charge on any atom is 0.151 e. The Bertz CT molecular complexity index is 778. The molecule has 1 fully saturated rings. The standard InChI is InChI=1S/C19H26N6O/c1-13-5-6-18(23-22-13)24-10-7-16-17(8-11-24)20-14(2)21-19(16)25-9-3-4-15(26)12-25/h5-6,15,26H,3-4,7-12H2,1-2H3/t15-/m1/s1. The van der Waals surface area contributed by atoms with Gasteiger partial charge in [-0.05, 0) is 45.2 Å². The Morgan fingerprint density at radius 3 is 2.62 bits per heavy atom. The minimum Gasteiger partial charge on any atom is -0.391 e. The van der Waals surface area contributed by atoms with Crippen molar-refractivity contribution in [1.82, 2.24) is 20.2 Å². The molecule has 7 nitrogen and oxygen atoms in total. The van der Waals surface area contributed by atoms with Crippen LogP contribution in [-0.4, -0.2) is 57.6 Å². The number of hydrogen-bond acceptors (Lipinski definition) is 7. The maximum atomic E-state index is 10.1. The predicted octanol–water partition coefficient (Wildman–Crippen LogP) is 1.45. The van der Waals surface area contributed by atoms with E-state index in [2.05, 4.69) is 20.0 Å². The van der Waals surface area contributed by atoms with E-state index in [9.17, 15) is 5.11 Å². The van der Waals surface area contributed by atoms with Crippen molar-refractivity contribution in [3.05, 3.63) is 34.9 Å². The Morgan fingerprint density at radius 1 is 1.00 bits per heavy atom. The number of aliphatic hydroxyl groups excluding tert-OH is 1. The number of piperidine rings is 1. The fourth-order valence-corrected chi connectivity index (χ4v) is 3.90. The van der Waals surface area contributed by atoms with Crippen molar-refractivity contribution in [1.29, 1.82) is 0 Å². The fourth-order valence-electron chi connectivity index (χ4n) is 3.90. The first-order chi connectivity index (χ1) is 12.6. The number of nitrogens with zero attached hydrogens (tertiary/aromatic N) is 6. The largest absolute Gasteiger partial charge is 0.391 e. The number of β-amino-alcohol motifs (C(OH)–C–C–N with tert-alkyl or cyclic N) is 1. The van der Waals surface area contributed by atoms with Gasteiger partial charge in [0, 0.05) is 38.2 Å². The van der Waals surface area contributed by atoms with Crippen LogP contribution in [0.15, 0.2) is 12.1 Å². The third-order valence-corrected chi connectivity index (χ3v) is 5.24. The first-order valence-corrected chi connectivity index (χ1v) is 9.45. The van der Waals surface area contributed by atoms with Crippen molar-refractivity contribution < 1.29 is 5.11 Å². The van der Waals surface area contributed by atoms with Gasteiger partial charge in [0.05, 0.1) is 17.5 Å². The molecule has 2 aliphatic heterocycles. The van der Waals surface area contributed by atoms with Crippen molar-refractivity contribution in [3.63, 3.8) is 0 Å². The zero-order chi connectivity index (χ0) is 18.1. The van der Waals surface area contributed by atoms with Gasteiger partial charge in [-0.1, -0.05) is 0 Å². The summed E-state index contributed by atoms with van der Waals surface area (Å²) < 4.78 is 0. The predicted molar refractivity (Wildman–Crippen MR) is 101 cm³/mol. The molecule has 138 valence electrons. The Morgan fingerprint density at radius 2 is 1.85 bits per heavy atom. The summed E-state index contributed by atoms with van der Waals surface area (Å²) in [6, 6.07) is 4.04. The van der Waals surface area contributed by atoms with Crippen molar-refractivity contribution >= 4 is 11.6 Å². The van der Waals surface area contributed by atoms with Crippen LogP contribution in [0.3, 0.4) is 0 Å². The molecule has 2 aromatic heterocycles. The number of fused-ring (bicyclic) bond motifs is 1. The molecular formula is C19H26N6O. The van der Waals surface area contributed by atoms with Crippen LogP contribution in [0.1, 0.15) is 35.6 Å². The molecular weight excluding hydrogens is 328 g/mol. The number of aliphatic hydroxyl groups is 1. The molecule has 0 spiro atoms. The average Bonchev–Trinajstić information content (AvgIpc) is 2.84. The topological polar surface area (TPSA) is 78.3 Å². The van der Waals surface area contributed by atoms with Crippen LogP contribution in [0.25, 0.3) is 0 Å². The number of hydrogen-bond donors (Lipinski definition) is 1. The molecule has 0 amide bonds. The quantitative estimate of drug-likeness (QED) is 0.874. The van der Waals surface area contributed by atoms with Gasteiger partial charge in [0.2, 0.25) is 0 Å². The van der Waals surface area contributed by atoms with Crippen molar-refractivity contribution in [2.45, 2.75) is 45.6 Å². The van der Waals surface area contributed by atoms with E-state index in [0.717, 1.165) is 74.2 Å². The van der Waals surface area contributed by atoms with Gasteiger partial charge in [-0.3, -0.25) is 0 Å². The summed E-state index contributed by atoms with van der Waals surface area (Å²) in [6.07, 6.45) is 3.37. The van der Waals surface area contributed by atoms with Gasteiger partial charge in [-0.25, -0.2) is 9.97 Å². The summed E-state index contributed by atoms with van der Waals surface area (Å²) in [5, 5.41) is 18.6. The SMILES string of the molecule is Cc1ccc(N2CCc3nc(C)nc(N4CCC[C@@H](O)C4)c3CC2)nn1. The van der Waals surface area contributed by atoms with E-state index >= 15 is 0 Å². The second kappa shape index (κ2) is 7.15. The van der Waals surface area contributed by atoms with E-state index < -0.39 is 0 Å². The van der Waals surface area contributed by atoms with E-state index in [4.69, 9.17) is 9.97 Å². The highest BCUT2D eigenvalue weighted by Gasteiger charge is 2.26. The van der Waals surface area contributed by atoms with E-state index in [1.807, 2.05) is 26.0 Å². The third kappa shape index (κ3) is 3.49. The van der Waals surface area contributed by atoms with Crippen LogP contribution in [0.5, 0.6) is 0 Å². The highest BCUT2D eigenvalue weighted by molar-refractivity contribution is 5.52. The molecule has 4 heterocycles. The van der Waals surface area contributed by atoms with Gasteiger partial charge < -0.3 is 14.9 Å². The minimum atomic E-state index is -0.264. The smallest absolute Gasteiger partial charge is 0.151 e. The van der Waals surface area contributed by atoms with Crippen molar-refractivity contribution in [3.8, 4) is 0 Å². The third-order valence-electron chi connectivity index (χ3n) is 5.24. The number of aryl methyl sites for hydroxylation is 2. The fraction of sp³-hybridized carbons (Fsp3) is 0.579. The molecule has 2 aliphatic rings. The van der Waals surface area contributed by atoms with E-state index in [-0.39, 0.29) is 6.10 Å². The van der Waals surface area contributed by atoms with Gasteiger partial charge in [0.15, 0.2) is 5.82 Å². The normalized spacial score (nSPS) is 20.7. The van der Waals surface area contributed by atoms with Crippen LogP contribution in [0, 0.1) is 13.8 Å². The summed E-state index contributed by atoms with van der Waals surface area (Å²) in [5.41, 5.74) is 3.29. The Labute approximate surface area is 154 Å². The van der Waals surface area contributed by atoms with Crippen LogP contribution in [-0.2, 0) is 12.8 Å². The zero-order valence-electron chi connectivity index (χ0n) is 15.5. The summed E-state index contributed by atoms with van der Waals surface area (Å²) in [5.74, 6) is 2.74. The lowest BCUT2D eigenvalue weighted by Crippen LogP contribution is -2.39. The molecule has 26 heavy (non-hydrogen) atoms. The highest BCUT2D eigenvalue weighted by atomic mass is 16.3. The van der Waals surface area contributed by atoms with Crippen LogP contribution < -0.4 is 9.80 Å². The molecule has 2 aromatic rings. The second-order valence-electron chi connectivity index (χ2n) is 7.28. The summed E-state index contributed by atoms with van der Waals surface area (Å²) in [7, 11) is 0. The Kier molecular flexibility index (Phi) is 4.72. The van der Waals surface area contributed by atoms with Gasteiger partial charge in [0.1, 0.15) is 11.6 Å². The first kappa shape index (κ1) is 17.1. The highest BCUT2D eigenvalue weighted by Crippen LogP contribution is 2.28. The summed E-state index contributed by atoms with van der Waals surface area (Å²) in [4.78, 5) is 14.0. The first-order valence-electron chi connectivity index (χ1n) is 9.45. The van der Waals surface area contributed by atoms with Crippen molar-refractivity contribution in [2.75, 3.05) is 36.0 Å². The van der Waals surface area contributed by atoms with Gasteiger partial charge in [0.25, 0.3) is 0 Å². The molecule has 0 aliphatic carbocycles. The molecule has 0 radical (unpaired) electrons. The van der Waals surface area contributed by atoms with Gasteiger partial charge in [-0.2, -0.15) is 5.10 Å². The lowest BCUT2D eigenvalue weighted by atomic mass is 10.0. The second-order valence-corrected chi connectivity index (χ2v) is 7.28. The zero-order valence-corrected chi connectivity index (χ0v) is 15.5. The van der Waals surface area contributed by atoms with E-state index in [1.54, 1.807) is 0 Å². The molecule has 0 unspecified atom stereocenters. The molecule has 0 saturated carbocycles. The molecule has 7 heteroatoms. The average molecular weight is 354 g/mol. The van der Waals surface area contributed by atoms with Crippen LogP contribution in [0.2, 0.25) is 0 Å². The van der Waals surface area contributed by atoms with E-state index in [1.165, 1.54) is 5.56 Å². The van der Waals surface area contributed by atoms with Crippen molar-refractivity contribution in [2.24, 2.45) is 0 Å². The molecule has 1 saturated heterocycles.